The van der Waals surface area contributed by atoms with Gasteiger partial charge in [0.25, 0.3) is 5.91 Å². The van der Waals surface area contributed by atoms with Gasteiger partial charge in [0.1, 0.15) is 6.04 Å². The fraction of sp³-hybridized carbons (Fsp3) is 0.429. The number of hydrogen-bond donors (Lipinski definition) is 0. The number of fused-ring (bicyclic) bond motifs is 1. The molecule has 0 spiro atoms. The molecule has 0 aromatic heterocycles. The van der Waals surface area contributed by atoms with Crippen molar-refractivity contribution >= 4 is 28.9 Å². The molecule has 3 nitrogen and oxygen atoms in total. The van der Waals surface area contributed by atoms with Crippen molar-refractivity contribution in [3.05, 3.63) is 29.8 Å². The van der Waals surface area contributed by atoms with Gasteiger partial charge in [-0.25, -0.2) is 0 Å². The van der Waals surface area contributed by atoms with Crippen LogP contribution in [0.15, 0.2) is 24.3 Å². The third-order valence-electron chi connectivity index (χ3n) is 3.88. The fourth-order valence-corrected chi connectivity index (χ4v) is 3.26. The Morgan fingerprint density at radius 3 is 2.67 bits per heavy atom. The molecule has 112 valence electrons. The van der Waals surface area contributed by atoms with Gasteiger partial charge in [-0.05, 0) is 49.7 Å². The zero-order valence-corrected chi connectivity index (χ0v) is 11.9. The Hall–Kier alpha value is -1.63. The lowest BCUT2D eigenvalue weighted by atomic mass is 10.0. The van der Waals surface area contributed by atoms with Crippen LogP contribution >= 0.6 is 12.2 Å². The van der Waals surface area contributed by atoms with Crippen LogP contribution in [0.2, 0.25) is 0 Å². The predicted octanol–water partition coefficient (Wildman–Crippen LogP) is 3.19. The molecule has 0 radical (unpaired) electrons. The van der Waals surface area contributed by atoms with E-state index in [4.69, 9.17) is 12.2 Å². The van der Waals surface area contributed by atoms with Crippen LogP contribution in [0.4, 0.5) is 18.9 Å². The number of anilines is 1. The molecule has 0 N–H and O–H groups in total. The minimum atomic E-state index is -4.44. The van der Waals surface area contributed by atoms with Gasteiger partial charge in [0, 0.05) is 6.54 Å². The number of carbonyl (C=O) groups is 1. The molecule has 1 unspecified atom stereocenters. The van der Waals surface area contributed by atoms with Crippen LogP contribution in [0.5, 0.6) is 0 Å². The lowest BCUT2D eigenvalue weighted by molar-refractivity contribution is -0.137. The summed E-state index contributed by atoms with van der Waals surface area (Å²) >= 11 is 5.28. The molecular formula is C14H13F3N2OS. The number of hydrogen-bond acceptors (Lipinski definition) is 2. The molecule has 0 bridgehead atoms. The SMILES string of the molecule is O=C1C2CCCCN2C(=S)N1c1cccc(C(F)(F)F)c1. The van der Waals surface area contributed by atoms with E-state index in [2.05, 4.69) is 0 Å². The highest BCUT2D eigenvalue weighted by molar-refractivity contribution is 7.80. The molecular weight excluding hydrogens is 301 g/mol. The van der Waals surface area contributed by atoms with Crippen LogP contribution in [0.25, 0.3) is 0 Å². The number of carbonyl (C=O) groups excluding carboxylic acids is 1. The molecule has 0 saturated carbocycles. The van der Waals surface area contributed by atoms with Gasteiger partial charge in [0.15, 0.2) is 5.11 Å². The first-order valence-electron chi connectivity index (χ1n) is 6.71. The lowest BCUT2D eigenvalue weighted by Crippen LogP contribution is -2.38. The summed E-state index contributed by atoms with van der Waals surface area (Å²) in [6.45, 7) is 0.685. The summed E-state index contributed by atoms with van der Waals surface area (Å²) in [4.78, 5) is 15.5. The minimum absolute atomic E-state index is 0.189. The number of thiocarbonyl (C=S) groups is 1. The number of nitrogens with zero attached hydrogens (tertiary/aromatic N) is 2. The van der Waals surface area contributed by atoms with Crippen molar-refractivity contribution in [2.45, 2.75) is 31.5 Å². The maximum atomic E-state index is 12.8. The summed E-state index contributed by atoms with van der Waals surface area (Å²) in [5.74, 6) is -0.223. The minimum Gasteiger partial charge on any atom is -0.336 e. The second-order valence-electron chi connectivity index (χ2n) is 5.21. The van der Waals surface area contributed by atoms with E-state index < -0.39 is 11.7 Å². The molecule has 1 aromatic rings. The highest BCUT2D eigenvalue weighted by Gasteiger charge is 2.44. The highest BCUT2D eigenvalue weighted by Crippen LogP contribution is 2.35. The van der Waals surface area contributed by atoms with Crippen molar-refractivity contribution in [2.75, 3.05) is 11.4 Å². The largest absolute Gasteiger partial charge is 0.416 e. The Bertz CT molecular complexity index is 578. The summed E-state index contributed by atoms with van der Waals surface area (Å²) in [6.07, 6.45) is -1.85. The fourth-order valence-electron chi connectivity index (χ4n) is 2.85. The van der Waals surface area contributed by atoms with Crippen LogP contribution in [-0.4, -0.2) is 28.5 Å². The summed E-state index contributed by atoms with van der Waals surface area (Å²) in [7, 11) is 0. The second kappa shape index (κ2) is 4.98. The lowest BCUT2D eigenvalue weighted by Gasteiger charge is -2.27. The number of amides is 1. The van der Waals surface area contributed by atoms with E-state index in [0.717, 1.165) is 25.0 Å². The summed E-state index contributed by atoms with van der Waals surface area (Å²) in [5, 5.41) is 0.309. The van der Waals surface area contributed by atoms with Gasteiger partial charge in [0.2, 0.25) is 0 Å². The smallest absolute Gasteiger partial charge is 0.336 e. The van der Waals surface area contributed by atoms with E-state index in [1.165, 1.54) is 17.0 Å². The molecule has 2 heterocycles. The van der Waals surface area contributed by atoms with Crippen LogP contribution in [0.1, 0.15) is 24.8 Å². The molecule has 2 aliphatic heterocycles. The van der Waals surface area contributed by atoms with Crippen LogP contribution in [0.3, 0.4) is 0 Å². The Kier molecular flexibility index (Phi) is 3.39. The van der Waals surface area contributed by atoms with E-state index in [0.29, 0.717) is 18.1 Å². The highest BCUT2D eigenvalue weighted by atomic mass is 32.1. The summed E-state index contributed by atoms with van der Waals surface area (Å²) < 4.78 is 38.4. The number of halogens is 3. The van der Waals surface area contributed by atoms with E-state index in [1.54, 1.807) is 0 Å². The van der Waals surface area contributed by atoms with Crippen molar-refractivity contribution in [3.63, 3.8) is 0 Å². The molecule has 2 saturated heterocycles. The van der Waals surface area contributed by atoms with Gasteiger partial charge in [-0.15, -0.1) is 0 Å². The third kappa shape index (κ3) is 2.39. The number of benzene rings is 1. The molecule has 1 amide bonds. The van der Waals surface area contributed by atoms with E-state index >= 15 is 0 Å². The number of piperidine rings is 1. The van der Waals surface area contributed by atoms with Crippen molar-refractivity contribution < 1.29 is 18.0 Å². The standard InChI is InChI=1S/C14H13F3N2OS/c15-14(16,17)9-4-3-5-10(8-9)19-12(20)11-6-1-2-7-18(11)13(19)21/h3-5,8,11H,1-2,6-7H2. The van der Waals surface area contributed by atoms with Gasteiger partial charge < -0.3 is 4.90 Å². The maximum absolute atomic E-state index is 12.8. The molecule has 1 aromatic carbocycles. The van der Waals surface area contributed by atoms with Gasteiger partial charge in [0.05, 0.1) is 11.3 Å². The van der Waals surface area contributed by atoms with Gasteiger partial charge in [-0.2, -0.15) is 13.2 Å². The number of alkyl halides is 3. The van der Waals surface area contributed by atoms with E-state index in [-0.39, 0.29) is 17.6 Å². The molecule has 0 aliphatic carbocycles. The third-order valence-corrected chi connectivity index (χ3v) is 4.29. The van der Waals surface area contributed by atoms with Crippen molar-refractivity contribution in [2.24, 2.45) is 0 Å². The normalized spacial score (nSPS) is 22.7. The Labute approximate surface area is 125 Å². The number of rotatable bonds is 1. The average Bonchev–Trinajstić information content (AvgIpc) is 2.71. The molecule has 7 heteroatoms. The van der Waals surface area contributed by atoms with E-state index in [1.807, 2.05) is 4.90 Å². The molecule has 1 atom stereocenters. The maximum Gasteiger partial charge on any atom is 0.416 e. The second-order valence-corrected chi connectivity index (χ2v) is 5.57. The quantitative estimate of drug-likeness (QED) is 0.744. The van der Waals surface area contributed by atoms with Crippen molar-refractivity contribution in [1.29, 1.82) is 0 Å². The first kappa shape index (κ1) is 14.3. The van der Waals surface area contributed by atoms with Crippen molar-refractivity contribution in [1.82, 2.24) is 4.90 Å². The molecule has 3 rings (SSSR count). The van der Waals surface area contributed by atoms with Crippen LogP contribution in [-0.2, 0) is 11.0 Å². The average molecular weight is 314 g/mol. The summed E-state index contributed by atoms with van der Waals surface area (Å²) in [5.41, 5.74) is -0.588. The van der Waals surface area contributed by atoms with Crippen molar-refractivity contribution in [3.8, 4) is 0 Å². The zero-order valence-electron chi connectivity index (χ0n) is 11.1. The predicted molar refractivity (Wildman–Crippen MR) is 75.9 cm³/mol. The molecule has 21 heavy (non-hydrogen) atoms. The van der Waals surface area contributed by atoms with Crippen LogP contribution < -0.4 is 4.90 Å². The Balaban J connectivity index is 1.97. The van der Waals surface area contributed by atoms with Gasteiger partial charge in [-0.3, -0.25) is 9.69 Å². The first-order valence-corrected chi connectivity index (χ1v) is 7.12. The monoisotopic (exact) mass is 314 g/mol. The molecule has 2 fully saturated rings. The Morgan fingerprint density at radius 2 is 2.00 bits per heavy atom. The van der Waals surface area contributed by atoms with E-state index in [9.17, 15) is 18.0 Å². The van der Waals surface area contributed by atoms with Gasteiger partial charge >= 0.3 is 6.18 Å². The summed E-state index contributed by atoms with van der Waals surface area (Å²) in [6, 6.07) is 4.42. The molecule has 2 aliphatic rings. The topological polar surface area (TPSA) is 23.6 Å². The first-order chi connectivity index (χ1) is 9.89. The Morgan fingerprint density at radius 1 is 1.24 bits per heavy atom. The van der Waals surface area contributed by atoms with Crippen LogP contribution in [0, 0.1) is 0 Å². The zero-order chi connectivity index (χ0) is 15.2. The van der Waals surface area contributed by atoms with Gasteiger partial charge in [-0.1, -0.05) is 6.07 Å².